The number of amides is 2. The zero-order valence-electron chi connectivity index (χ0n) is 22.2. The number of carbonyl (C=O) groups excluding carboxylic acids is 2. The van der Waals surface area contributed by atoms with Crippen LogP contribution in [0.2, 0.25) is 5.02 Å². The third kappa shape index (κ3) is 7.96. The van der Waals surface area contributed by atoms with Crippen molar-refractivity contribution in [2.45, 2.75) is 45.6 Å². The number of piperidine rings is 2. The number of rotatable bonds is 9. The van der Waals surface area contributed by atoms with Crippen molar-refractivity contribution in [3.63, 3.8) is 0 Å². The Bertz CT molecular complexity index is 1040. The summed E-state index contributed by atoms with van der Waals surface area (Å²) in [5.41, 5.74) is 0.646. The largest absolute Gasteiger partial charge is 0.493 e. The Balaban J connectivity index is 1.45. The third-order valence-electron chi connectivity index (χ3n) is 7.80. The summed E-state index contributed by atoms with van der Waals surface area (Å²) in [4.78, 5) is 32.8. The molecule has 200 valence electrons. The molecule has 2 saturated heterocycles. The molecule has 0 spiro atoms. The molecule has 0 bridgehead atoms. The van der Waals surface area contributed by atoms with Gasteiger partial charge in [-0.1, -0.05) is 54.9 Å². The van der Waals surface area contributed by atoms with Gasteiger partial charge in [-0.3, -0.25) is 14.5 Å². The van der Waals surface area contributed by atoms with Crippen LogP contribution in [-0.4, -0.2) is 72.9 Å². The van der Waals surface area contributed by atoms with E-state index in [1.54, 1.807) is 11.0 Å². The highest BCUT2D eigenvalue weighted by Gasteiger charge is 2.41. The minimum atomic E-state index is -0.450. The molecular formula is C30H40ClN3O3. The number of halogens is 1. The topological polar surface area (TPSA) is 53.1 Å². The van der Waals surface area contributed by atoms with E-state index in [-0.39, 0.29) is 11.8 Å². The zero-order valence-corrected chi connectivity index (χ0v) is 23.0. The van der Waals surface area contributed by atoms with Gasteiger partial charge in [0.1, 0.15) is 5.75 Å². The monoisotopic (exact) mass is 525 g/mol. The molecule has 2 heterocycles. The van der Waals surface area contributed by atoms with E-state index in [0.29, 0.717) is 43.4 Å². The Labute approximate surface area is 226 Å². The first-order valence-corrected chi connectivity index (χ1v) is 13.9. The summed E-state index contributed by atoms with van der Waals surface area (Å²) in [6, 6.07) is 17.4. The average molecular weight is 526 g/mol. The molecule has 2 fully saturated rings. The number of hydrogen-bond donors (Lipinski definition) is 0. The molecular weight excluding hydrogens is 486 g/mol. The lowest BCUT2D eigenvalue weighted by Crippen LogP contribution is -2.53. The van der Waals surface area contributed by atoms with Gasteiger partial charge in [-0.15, -0.1) is 0 Å². The van der Waals surface area contributed by atoms with Crippen molar-refractivity contribution in [1.29, 1.82) is 0 Å². The molecule has 0 unspecified atom stereocenters. The van der Waals surface area contributed by atoms with Gasteiger partial charge in [-0.2, -0.15) is 0 Å². The SMILES string of the molecule is CC1CCN(CC(=O)N2CCC[C@@](COc3cccc(Cl)c3)(CC(=O)N(C)Cc3ccccc3)C2)CC1. The lowest BCUT2D eigenvalue weighted by Gasteiger charge is -2.43. The van der Waals surface area contributed by atoms with Gasteiger partial charge in [-0.25, -0.2) is 0 Å². The quantitative estimate of drug-likeness (QED) is 0.456. The standard InChI is InChI=1S/C30H40ClN3O3/c1-24-12-16-33(17-13-24)21-29(36)34-15-7-14-30(22-34,23-37-27-11-6-10-26(31)18-27)19-28(35)32(2)20-25-8-4-3-5-9-25/h3-6,8-11,18,24H,7,12-17,19-23H2,1-2H3/t30-/m1/s1. The van der Waals surface area contributed by atoms with Crippen molar-refractivity contribution in [3.8, 4) is 5.75 Å². The fourth-order valence-corrected chi connectivity index (χ4v) is 5.62. The summed E-state index contributed by atoms with van der Waals surface area (Å²) in [5.74, 6) is 1.64. The molecule has 2 aromatic rings. The lowest BCUT2D eigenvalue weighted by atomic mass is 9.77. The van der Waals surface area contributed by atoms with Gasteiger partial charge in [0.25, 0.3) is 0 Å². The van der Waals surface area contributed by atoms with Crippen molar-refractivity contribution in [2.24, 2.45) is 11.3 Å². The van der Waals surface area contributed by atoms with Crippen molar-refractivity contribution >= 4 is 23.4 Å². The molecule has 1 atom stereocenters. The first kappa shape index (κ1) is 27.5. The summed E-state index contributed by atoms with van der Waals surface area (Å²) in [6.07, 6.45) is 4.32. The molecule has 37 heavy (non-hydrogen) atoms. The predicted octanol–water partition coefficient (Wildman–Crippen LogP) is 5.11. The maximum Gasteiger partial charge on any atom is 0.236 e. The fraction of sp³-hybridized carbons (Fsp3) is 0.533. The number of likely N-dealkylation sites (tertiary alicyclic amines) is 2. The van der Waals surface area contributed by atoms with Crippen molar-refractivity contribution in [3.05, 3.63) is 65.2 Å². The Morgan fingerprint density at radius 2 is 1.84 bits per heavy atom. The molecule has 0 aliphatic carbocycles. The number of benzene rings is 2. The van der Waals surface area contributed by atoms with Crippen molar-refractivity contribution in [1.82, 2.24) is 14.7 Å². The van der Waals surface area contributed by atoms with E-state index in [4.69, 9.17) is 16.3 Å². The molecule has 7 heteroatoms. The average Bonchev–Trinajstić information content (AvgIpc) is 2.89. The molecule has 2 aromatic carbocycles. The van der Waals surface area contributed by atoms with E-state index in [1.807, 2.05) is 60.5 Å². The van der Waals surface area contributed by atoms with Gasteiger partial charge >= 0.3 is 0 Å². The van der Waals surface area contributed by atoms with Gasteiger partial charge in [0.05, 0.1) is 13.2 Å². The second-order valence-corrected chi connectivity index (χ2v) is 11.5. The van der Waals surface area contributed by atoms with Gasteiger partial charge in [0.15, 0.2) is 0 Å². The number of carbonyl (C=O) groups is 2. The van der Waals surface area contributed by atoms with E-state index < -0.39 is 5.41 Å². The highest BCUT2D eigenvalue weighted by atomic mass is 35.5. The summed E-state index contributed by atoms with van der Waals surface area (Å²) in [6.45, 7) is 6.88. The number of ether oxygens (including phenoxy) is 1. The van der Waals surface area contributed by atoms with E-state index in [0.717, 1.165) is 56.8 Å². The fourth-order valence-electron chi connectivity index (χ4n) is 5.44. The van der Waals surface area contributed by atoms with Gasteiger partial charge < -0.3 is 14.5 Å². The summed E-state index contributed by atoms with van der Waals surface area (Å²) >= 11 is 6.17. The van der Waals surface area contributed by atoms with Crippen LogP contribution < -0.4 is 4.74 Å². The highest BCUT2D eigenvalue weighted by Crippen LogP contribution is 2.36. The molecule has 4 rings (SSSR count). The van der Waals surface area contributed by atoms with Crippen LogP contribution in [0.4, 0.5) is 0 Å². The predicted molar refractivity (Wildman–Crippen MR) is 148 cm³/mol. The van der Waals surface area contributed by atoms with Crippen LogP contribution in [0.3, 0.4) is 0 Å². The molecule has 6 nitrogen and oxygen atoms in total. The van der Waals surface area contributed by atoms with Crippen LogP contribution in [0.1, 0.15) is 44.6 Å². The van der Waals surface area contributed by atoms with E-state index in [9.17, 15) is 9.59 Å². The molecule has 0 aromatic heterocycles. The summed E-state index contributed by atoms with van der Waals surface area (Å²) in [7, 11) is 1.85. The summed E-state index contributed by atoms with van der Waals surface area (Å²) < 4.78 is 6.21. The second kappa shape index (κ2) is 12.8. The first-order chi connectivity index (χ1) is 17.8. The number of hydrogen-bond acceptors (Lipinski definition) is 4. The van der Waals surface area contributed by atoms with E-state index in [2.05, 4.69) is 11.8 Å². The summed E-state index contributed by atoms with van der Waals surface area (Å²) in [5, 5.41) is 0.613. The minimum Gasteiger partial charge on any atom is -0.493 e. The van der Waals surface area contributed by atoms with Crippen LogP contribution in [0.25, 0.3) is 0 Å². The molecule has 2 amide bonds. The van der Waals surface area contributed by atoms with E-state index in [1.165, 1.54) is 0 Å². The maximum absolute atomic E-state index is 13.4. The Morgan fingerprint density at radius 1 is 1.08 bits per heavy atom. The minimum absolute atomic E-state index is 0.0675. The van der Waals surface area contributed by atoms with Gasteiger partial charge in [0.2, 0.25) is 11.8 Å². The number of nitrogens with zero attached hydrogens (tertiary/aromatic N) is 3. The molecule has 2 aliphatic heterocycles. The molecule has 0 radical (unpaired) electrons. The lowest BCUT2D eigenvalue weighted by molar-refractivity contribution is -0.142. The van der Waals surface area contributed by atoms with E-state index >= 15 is 0 Å². The molecule has 2 aliphatic rings. The molecule has 0 N–H and O–H groups in total. The van der Waals surface area contributed by atoms with Crippen molar-refractivity contribution < 1.29 is 14.3 Å². The van der Waals surface area contributed by atoms with Gasteiger partial charge in [0, 0.05) is 43.5 Å². The van der Waals surface area contributed by atoms with Crippen LogP contribution in [0.5, 0.6) is 5.75 Å². The Hall–Kier alpha value is -2.57. The second-order valence-electron chi connectivity index (χ2n) is 11.0. The van der Waals surface area contributed by atoms with Gasteiger partial charge in [-0.05, 0) is 68.5 Å². The smallest absolute Gasteiger partial charge is 0.236 e. The third-order valence-corrected chi connectivity index (χ3v) is 8.04. The highest BCUT2D eigenvalue weighted by molar-refractivity contribution is 6.30. The Morgan fingerprint density at radius 3 is 2.57 bits per heavy atom. The Kier molecular flexibility index (Phi) is 9.49. The normalized spacial score (nSPS) is 21.0. The first-order valence-electron chi connectivity index (χ1n) is 13.5. The van der Waals surface area contributed by atoms with Crippen molar-refractivity contribution in [2.75, 3.05) is 46.4 Å². The van der Waals surface area contributed by atoms with Crippen LogP contribution in [0.15, 0.2) is 54.6 Å². The van der Waals surface area contributed by atoms with Crippen LogP contribution in [0, 0.1) is 11.3 Å². The van der Waals surface area contributed by atoms with Crippen LogP contribution >= 0.6 is 11.6 Å². The maximum atomic E-state index is 13.4. The van der Waals surface area contributed by atoms with Crippen LogP contribution in [-0.2, 0) is 16.1 Å². The molecule has 0 saturated carbocycles. The zero-order chi connectivity index (χ0) is 26.3.